The number of aromatic nitrogens is 2. The van der Waals surface area contributed by atoms with Gasteiger partial charge in [0, 0.05) is 30.5 Å². The van der Waals surface area contributed by atoms with Gasteiger partial charge in [-0.05, 0) is 62.7 Å². The minimum absolute atomic E-state index is 0.0248. The third-order valence-electron chi connectivity index (χ3n) is 10.5. The highest BCUT2D eigenvalue weighted by Crippen LogP contribution is 2.49. The van der Waals surface area contributed by atoms with Crippen LogP contribution in [0.2, 0.25) is 0 Å². The molecule has 244 valence electrons. The molecular weight excluding hydrogens is 616 g/mol. The molecule has 1 aromatic heterocycles. The number of halogens is 4. The first kappa shape index (κ1) is 30.0. The summed E-state index contributed by atoms with van der Waals surface area (Å²) in [5.41, 5.74) is -3.17. The van der Waals surface area contributed by atoms with Gasteiger partial charge >= 0.3 is 6.01 Å². The molecule has 8 nitrogen and oxygen atoms in total. The predicted octanol–water partition coefficient (Wildman–Crippen LogP) is 5.62. The fourth-order valence-electron chi connectivity index (χ4n) is 8.24. The molecule has 3 aromatic carbocycles. The van der Waals surface area contributed by atoms with Gasteiger partial charge in [-0.3, -0.25) is 4.90 Å². The van der Waals surface area contributed by atoms with Gasteiger partial charge in [0.05, 0.1) is 33.7 Å². The van der Waals surface area contributed by atoms with Gasteiger partial charge in [0.1, 0.15) is 42.3 Å². The van der Waals surface area contributed by atoms with Crippen LogP contribution >= 0.6 is 0 Å². The molecule has 0 saturated carbocycles. The molecule has 8 rings (SSSR count). The van der Waals surface area contributed by atoms with Crippen LogP contribution in [0, 0.1) is 29.8 Å². The largest absolute Gasteiger partial charge is 0.508 e. The average molecular weight is 649 g/mol. The number of phenolic OH excluding ortho intramolecular Hbond substituents is 1. The van der Waals surface area contributed by atoms with E-state index in [1.54, 1.807) is 11.8 Å². The Bertz CT molecular complexity index is 2020. The molecule has 2 N–H and O–H groups in total. The first-order chi connectivity index (χ1) is 22.5. The Balaban J connectivity index is 1.37. The lowest BCUT2D eigenvalue weighted by Gasteiger charge is -2.44. The average Bonchev–Trinajstić information content (AvgIpc) is 3.49. The van der Waals surface area contributed by atoms with Crippen molar-refractivity contribution in [2.75, 3.05) is 37.7 Å². The number of aromatic hydroxyl groups is 1. The number of hydrogen-bond acceptors (Lipinski definition) is 8. The van der Waals surface area contributed by atoms with Gasteiger partial charge in [0.15, 0.2) is 17.4 Å². The summed E-state index contributed by atoms with van der Waals surface area (Å²) in [6, 6.07) is 4.06. The first-order valence-corrected chi connectivity index (χ1v) is 15.8. The summed E-state index contributed by atoms with van der Waals surface area (Å²) < 4.78 is 75.5. The maximum Gasteiger partial charge on any atom is 0.319 e. The van der Waals surface area contributed by atoms with Crippen molar-refractivity contribution < 1.29 is 37.2 Å². The third-order valence-corrected chi connectivity index (χ3v) is 10.5. The second-order valence-corrected chi connectivity index (χ2v) is 13.4. The van der Waals surface area contributed by atoms with Crippen molar-refractivity contribution in [2.45, 2.75) is 62.4 Å². The molecule has 3 fully saturated rings. The molecule has 47 heavy (non-hydrogen) atoms. The van der Waals surface area contributed by atoms with Gasteiger partial charge in [0.25, 0.3) is 0 Å². The Morgan fingerprint density at radius 3 is 2.72 bits per heavy atom. The van der Waals surface area contributed by atoms with Crippen LogP contribution in [-0.2, 0) is 0 Å². The predicted molar refractivity (Wildman–Crippen MR) is 167 cm³/mol. The van der Waals surface area contributed by atoms with Gasteiger partial charge in [-0.2, -0.15) is 9.97 Å². The van der Waals surface area contributed by atoms with Crippen LogP contribution in [0.4, 0.5) is 23.4 Å². The number of alkyl halides is 1. The molecule has 0 amide bonds. The SMILES string of the molecule is C#Cc1c(F)ccc2cc(O)cc(-c3c(F)c4c5c(nc(OC[C@@]67CCCN6C[C@H](F)C7)nc5c3F)N3CCC[C@@](C)(O)[C@H]3CO4)c12. The van der Waals surface area contributed by atoms with E-state index in [0.717, 1.165) is 31.5 Å². The smallest absolute Gasteiger partial charge is 0.319 e. The van der Waals surface area contributed by atoms with Crippen molar-refractivity contribution in [3.05, 3.63) is 47.3 Å². The summed E-state index contributed by atoms with van der Waals surface area (Å²) >= 11 is 0. The molecule has 0 unspecified atom stereocenters. The van der Waals surface area contributed by atoms with Crippen LogP contribution in [0.25, 0.3) is 32.8 Å². The highest BCUT2D eigenvalue weighted by molar-refractivity contribution is 6.06. The summed E-state index contributed by atoms with van der Waals surface area (Å²) in [5, 5.41) is 22.2. The molecule has 3 saturated heterocycles. The number of phenols is 1. The van der Waals surface area contributed by atoms with Crippen LogP contribution in [0.15, 0.2) is 24.3 Å². The molecule has 0 radical (unpaired) electrons. The lowest BCUT2D eigenvalue weighted by molar-refractivity contribution is -0.00707. The maximum absolute atomic E-state index is 17.0. The molecule has 0 aliphatic carbocycles. The Morgan fingerprint density at radius 1 is 1.11 bits per heavy atom. The molecule has 12 heteroatoms. The molecule has 4 atom stereocenters. The van der Waals surface area contributed by atoms with Crippen LogP contribution in [-0.4, -0.2) is 81.3 Å². The lowest BCUT2D eigenvalue weighted by Crippen LogP contribution is -2.58. The van der Waals surface area contributed by atoms with Gasteiger partial charge in [-0.1, -0.05) is 12.0 Å². The molecule has 5 heterocycles. The van der Waals surface area contributed by atoms with E-state index in [1.165, 1.54) is 12.1 Å². The molecule has 0 bridgehead atoms. The Hall–Kier alpha value is -4.34. The second kappa shape index (κ2) is 10.6. The number of rotatable bonds is 4. The van der Waals surface area contributed by atoms with Crippen LogP contribution in [0.5, 0.6) is 17.5 Å². The molecule has 0 spiro atoms. The molecular formula is C35H32F4N4O4. The van der Waals surface area contributed by atoms with E-state index < -0.39 is 46.4 Å². The monoisotopic (exact) mass is 648 g/mol. The van der Waals surface area contributed by atoms with Crippen molar-refractivity contribution in [1.29, 1.82) is 0 Å². The van der Waals surface area contributed by atoms with Crippen LogP contribution < -0.4 is 14.4 Å². The quantitative estimate of drug-likeness (QED) is 0.218. The summed E-state index contributed by atoms with van der Waals surface area (Å²) in [5.74, 6) is -1.27. The van der Waals surface area contributed by atoms with Crippen molar-refractivity contribution >= 4 is 27.5 Å². The Labute approximate surface area is 267 Å². The van der Waals surface area contributed by atoms with E-state index >= 15 is 8.78 Å². The summed E-state index contributed by atoms with van der Waals surface area (Å²) in [6.45, 7) is 3.06. The first-order valence-electron chi connectivity index (χ1n) is 15.8. The van der Waals surface area contributed by atoms with Gasteiger partial charge in [0.2, 0.25) is 0 Å². The van der Waals surface area contributed by atoms with Crippen molar-refractivity contribution in [1.82, 2.24) is 14.9 Å². The molecule has 4 aliphatic rings. The summed E-state index contributed by atoms with van der Waals surface area (Å²) in [4.78, 5) is 12.9. The zero-order valence-electron chi connectivity index (χ0n) is 25.6. The second-order valence-electron chi connectivity index (χ2n) is 13.4. The summed E-state index contributed by atoms with van der Waals surface area (Å²) in [6.07, 6.45) is 7.61. The number of benzene rings is 3. The minimum atomic E-state index is -1.25. The van der Waals surface area contributed by atoms with Crippen LogP contribution in [0.1, 0.15) is 44.6 Å². The highest BCUT2D eigenvalue weighted by atomic mass is 19.1. The van der Waals surface area contributed by atoms with Gasteiger partial charge in [-0.15, -0.1) is 6.42 Å². The number of ether oxygens (including phenoxy) is 2. The number of aliphatic hydroxyl groups is 1. The number of anilines is 1. The number of hydrogen-bond donors (Lipinski definition) is 2. The zero-order chi connectivity index (χ0) is 32.8. The van der Waals surface area contributed by atoms with Crippen LogP contribution in [0.3, 0.4) is 0 Å². The topological polar surface area (TPSA) is 91.2 Å². The standard InChI is InChI=1S/C35H32F4N4O4/c1-3-21-23(37)7-6-18-12-20(44)13-22(25(18)21)26-28(38)30-27-31(29(26)39)46-16-24-34(2,45)8-4-11-43(24)32(27)41-33(40-30)47-17-35-9-5-10-42(35)15-19(36)14-35/h1,6-7,12-13,19,24,44-45H,4-5,8-11,14-17H2,2H3/t19-,24-,34-,35+/m1/s1. The fraction of sp³-hybridized carbons (Fsp3) is 0.429. The lowest BCUT2D eigenvalue weighted by atomic mass is 9.86. The van der Waals surface area contributed by atoms with Crippen molar-refractivity contribution in [3.63, 3.8) is 0 Å². The Morgan fingerprint density at radius 2 is 1.91 bits per heavy atom. The summed E-state index contributed by atoms with van der Waals surface area (Å²) in [7, 11) is 0. The molecule has 4 aromatic rings. The van der Waals surface area contributed by atoms with Crippen molar-refractivity contribution in [2.24, 2.45) is 0 Å². The van der Waals surface area contributed by atoms with E-state index in [9.17, 15) is 19.0 Å². The Kier molecular flexibility index (Phi) is 6.76. The van der Waals surface area contributed by atoms with Gasteiger partial charge < -0.3 is 24.6 Å². The van der Waals surface area contributed by atoms with E-state index in [2.05, 4.69) is 20.8 Å². The zero-order valence-corrected chi connectivity index (χ0v) is 25.6. The molecule has 4 aliphatic heterocycles. The number of nitrogens with zero attached hydrogens (tertiary/aromatic N) is 4. The van der Waals surface area contributed by atoms with E-state index in [4.69, 9.17) is 15.9 Å². The normalized spacial score (nSPS) is 27.0. The van der Waals surface area contributed by atoms with E-state index in [-0.39, 0.29) is 69.3 Å². The fourth-order valence-corrected chi connectivity index (χ4v) is 8.24. The van der Waals surface area contributed by atoms with E-state index in [0.29, 0.717) is 32.4 Å². The minimum Gasteiger partial charge on any atom is -0.508 e. The number of terminal acetylenes is 1. The highest BCUT2D eigenvalue weighted by Gasteiger charge is 2.50. The van der Waals surface area contributed by atoms with Gasteiger partial charge in [-0.25, -0.2) is 17.6 Å². The maximum atomic E-state index is 17.0. The number of piperidine rings is 1. The third kappa shape index (κ3) is 4.50. The number of fused-ring (bicyclic) bond motifs is 4. The van der Waals surface area contributed by atoms with E-state index in [1.807, 2.05) is 0 Å². The van der Waals surface area contributed by atoms with Crippen molar-refractivity contribution in [3.8, 4) is 41.0 Å².